The van der Waals surface area contributed by atoms with E-state index in [9.17, 15) is 0 Å². The van der Waals surface area contributed by atoms with Crippen molar-refractivity contribution in [2.24, 2.45) is 0 Å². The maximum Gasteiger partial charge on any atom is 0.120 e. The molecule has 4 heteroatoms. The van der Waals surface area contributed by atoms with Crippen LogP contribution in [0.4, 0.5) is 5.69 Å². The predicted molar refractivity (Wildman–Crippen MR) is 61.1 cm³/mol. The molecule has 2 N–H and O–H groups in total. The van der Waals surface area contributed by atoms with Crippen molar-refractivity contribution in [2.75, 3.05) is 5.73 Å². The summed E-state index contributed by atoms with van der Waals surface area (Å²) in [5.41, 5.74) is 7.53. The zero-order valence-electron chi connectivity index (χ0n) is 8.63. The molecule has 3 rings (SSSR count). The minimum Gasteiger partial charge on any atom is -0.469 e. The summed E-state index contributed by atoms with van der Waals surface area (Å²) in [5, 5.41) is 0. The smallest absolute Gasteiger partial charge is 0.120 e. The molecule has 4 nitrogen and oxygen atoms in total. The number of aromatic nitrogens is 2. The normalized spacial score (nSPS) is 11.0. The van der Waals surface area contributed by atoms with Crippen LogP contribution in [0.25, 0.3) is 5.52 Å². The van der Waals surface area contributed by atoms with Crippen LogP contribution in [0.2, 0.25) is 0 Å². The average molecular weight is 213 g/mol. The lowest BCUT2D eigenvalue weighted by atomic mass is 10.3. The number of nitrogens with two attached hydrogens (primary N) is 1. The highest BCUT2D eigenvalue weighted by Crippen LogP contribution is 2.16. The molecule has 0 spiro atoms. The van der Waals surface area contributed by atoms with Crippen LogP contribution < -0.4 is 5.73 Å². The summed E-state index contributed by atoms with van der Waals surface area (Å²) in [6, 6.07) is 7.59. The van der Waals surface area contributed by atoms with E-state index in [-0.39, 0.29) is 0 Å². The van der Waals surface area contributed by atoms with E-state index in [0.717, 1.165) is 22.8 Å². The summed E-state index contributed by atoms with van der Waals surface area (Å²) in [4.78, 5) is 4.35. The predicted octanol–water partition coefficient (Wildman–Crippen LogP) is 2.10. The van der Waals surface area contributed by atoms with Crippen LogP contribution in [0.1, 0.15) is 11.6 Å². The summed E-state index contributed by atoms with van der Waals surface area (Å²) in [6.07, 6.45) is 6.08. The van der Waals surface area contributed by atoms with E-state index in [1.165, 1.54) is 0 Å². The molecule has 0 aliphatic carbocycles. The second-order valence-electron chi connectivity index (χ2n) is 3.65. The zero-order valence-corrected chi connectivity index (χ0v) is 8.63. The van der Waals surface area contributed by atoms with Crippen LogP contribution in [-0.4, -0.2) is 9.38 Å². The van der Waals surface area contributed by atoms with Gasteiger partial charge in [-0.25, -0.2) is 4.98 Å². The van der Waals surface area contributed by atoms with E-state index in [1.54, 1.807) is 12.5 Å². The third-order valence-electron chi connectivity index (χ3n) is 2.59. The number of nitrogens with zero attached hydrogens (tertiary/aromatic N) is 2. The van der Waals surface area contributed by atoms with Crippen LogP contribution in [0.5, 0.6) is 0 Å². The van der Waals surface area contributed by atoms with Crippen molar-refractivity contribution < 1.29 is 4.42 Å². The lowest BCUT2D eigenvalue weighted by Gasteiger charge is -2.00. The number of hydrogen-bond donors (Lipinski definition) is 1. The fourth-order valence-electron chi connectivity index (χ4n) is 1.80. The number of furan rings is 1. The fourth-order valence-corrected chi connectivity index (χ4v) is 1.80. The lowest BCUT2D eigenvalue weighted by molar-refractivity contribution is 0.516. The van der Waals surface area contributed by atoms with Gasteiger partial charge in [-0.3, -0.25) is 0 Å². The summed E-state index contributed by atoms with van der Waals surface area (Å²) >= 11 is 0. The van der Waals surface area contributed by atoms with E-state index in [0.29, 0.717) is 6.42 Å². The Labute approximate surface area is 92.3 Å². The Hall–Kier alpha value is -2.23. The van der Waals surface area contributed by atoms with Crippen molar-refractivity contribution in [1.29, 1.82) is 0 Å². The molecule has 0 aliphatic heterocycles. The molecular formula is C12H11N3O. The second-order valence-corrected chi connectivity index (χ2v) is 3.65. The first kappa shape index (κ1) is 9.03. The first-order valence-electron chi connectivity index (χ1n) is 5.07. The Bertz CT molecular complexity index is 610. The quantitative estimate of drug-likeness (QED) is 0.709. The molecule has 0 atom stereocenters. The van der Waals surface area contributed by atoms with E-state index in [4.69, 9.17) is 10.2 Å². The fraction of sp³-hybridized carbons (Fsp3) is 0.0833. The number of imidazole rings is 1. The summed E-state index contributed by atoms with van der Waals surface area (Å²) in [5.74, 6) is 1.83. The van der Waals surface area contributed by atoms with Gasteiger partial charge < -0.3 is 14.6 Å². The van der Waals surface area contributed by atoms with Gasteiger partial charge in [0.15, 0.2) is 0 Å². The van der Waals surface area contributed by atoms with E-state index < -0.39 is 0 Å². The monoisotopic (exact) mass is 213 g/mol. The van der Waals surface area contributed by atoms with Gasteiger partial charge in [0.2, 0.25) is 0 Å². The molecule has 0 fully saturated rings. The van der Waals surface area contributed by atoms with Crippen molar-refractivity contribution in [1.82, 2.24) is 9.38 Å². The number of pyridine rings is 1. The highest BCUT2D eigenvalue weighted by atomic mass is 16.3. The van der Waals surface area contributed by atoms with E-state index in [1.807, 2.05) is 34.9 Å². The molecule has 0 amide bonds. The van der Waals surface area contributed by atoms with Crippen LogP contribution in [0.15, 0.2) is 47.3 Å². The van der Waals surface area contributed by atoms with Crippen molar-refractivity contribution in [3.63, 3.8) is 0 Å². The number of hydrogen-bond acceptors (Lipinski definition) is 3. The van der Waals surface area contributed by atoms with Crippen molar-refractivity contribution in [3.8, 4) is 0 Å². The molecule has 0 aromatic carbocycles. The zero-order chi connectivity index (χ0) is 11.0. The van der Waals surface area contributed by atoms with Gasteiger partial charge >= 0.3 is 0 Å². The Morgan fingerprint density at radius 3 is 3.06 bits per heavy atom. The molecule has 0 saturated carbocycles. The molecule has 16 heavy (non-hydrogen) atoms. The molecule has 80 valence electrons. The molecule has 0 radical (unpaired) electrons. The SMILES string of the molecule is Nc1cccn2c(Cc3ccco3)ncc12. The summed E-state index contributed by atoms with van der Waals surface area (Å²) < 4.78 is 7.29. The number of fused-ring (bicyclic) bond motifs is 1. The molecule has 0 saturated heterocycles. The highest BCUT2D eigenvalue weighted by molar-refractivity contribution is 5.68. The first-order valence-corrected chi connectivity index (χ1v) is 5.07. The second kappa shape index (κ2) is 3.41. The largest absolute Gasteiger partial charge is 0.469 e. The average Bonchev–Trinajstić information content (AvgIpc) is 2.90. The van der Waals surface area contributed by atoms with E-state index >= 15 is 0 Å². The Kier molecular flexibility index (Phi) is 1.93. The minimum absolute atomic E-state index is 0.671. The summed E-state index contributed by atoms with van der Waals surface area (Å²) in [7, 11) is 0. The highest BCUT2D eigenvalue weighted by Gasteiger charge is 2.07. The Balaban J connectivity index is 2.08. The van der Waals surface area contributed by atoms with Gasteiger partial charge in [-0.05, 0) is 24.3 Å². The molecular weight excluding hydrogens is 202 g/mol. The van der Waals surface area contributed by atoms with E-state index in [2.05, 4.69) is 4.98 Å². The van der Waals surface area contributed by atoms with Gasteiger partial charge in [0.05, 0.1) is 30.1 Å². The molecule has 3 aromatic heterocycles. The number of anilines is 1. The van der Waals surface area contributed by atoms with Crippen LogP contribution in [0, 0.1) is 0 Å². The number of nitrogen functional groups attached to an aromatic ring is 1. The Morgan fingerprint density at radius 1 is 1.31 bits per heavy atom. The minimum atomic E-state index is 0.671. The van der Waals surface area contributed by atoms with Crippen molar-refractivity contribution >= 4 is 11.2 Å². The third kappa shape index (κ3) is 1.35. The van der Waals surface area contributed by atoms with Gasteiger partial charge in [0.25, 0.3) is 0 Å². The molecule has 0 unspecified atom stereocenters. The summed E-state index contributed by atoms with van der Waals surface area (Å²) in [6.45, 7) is 0. The van der Waals surface area contributed by atoms with Crippen molar-refractivity contribution in [2.45, 2.75) is 6.42 Å². The lowest BCUT2D eigenvalue weighted by Crippen LogP contribution is -1.96. The molecule has 3 heterocycles. The topological polar surface area (TPSA) is 56.5 Å². The van der Waals surface area contributed by atoms with Crippen LogP contribution in [-0.2, 0) is 6.42 Å². The molecule has 0 aliphatic rings. The Morgan fingerprint density at radius 2 is 2.25 bits per heavy atom. The van der Waals surface area contributed by atoms with Gasteiger partial charge in [-0.2, -0.15) is 0 Å². The number of rotatable bonds is 2. The first-order chi connectivity index (χ1) is 7.84. The third-order valence-corrected chi connectivity index (χ3v) is 2.59. The standard InChI is InChI=1S/C12H11N3O/c13-10-4-1-5-15-11(10)8-14-12(15)7-9-3-2-6-16-9/h1-6,8H,7,13H2. The maximum absolute atomic E-state index is 5.86. The van der Waals surface area contributed by atoms with Gasteiger partial charge in [-0.15, -0.1) is 0 Å². The maximum atomic E-state index is 5.86. The van der Waals surface area contributed by atoms with Gasteiger partial charge in [0, 0.05) is 6.20 Å². The van der Waals surface area contributed by atoms with Gasteiger partial charge in [-0.1, -0.05) is 0 Å². The van der Waals surface area contributed by atoms with Gasteiger partial charge in [0.1, 0.15) is 11.6 Å². The van der Waals surface area contributed by atoms with Crippen LogP contribution in [0.3, 0.4) is 0 Å². The van der Waals surface area contributed by atoms with Crippen LogP contribution >= 0.6 is 0 Å². The molecule has 0 bridgehead atoms. The van der Waals surface area contributed by atoms with Crippen molar-refractivity contribution in [3.05, 3.63) is 54.5 Å². The molecule has 3 aromatic rings.